The van der Waals surface area contributed by atoms with Gasteiger partial charge in [-0.05, 0) is 44.2 Å². The maximum Gasteiger partial charge on any atom is 0.339 e. The van der Waals surface area contributed by atoms with Crippen LogP contribution in [0.1, 0.15) is 22.3 Å². The zero-order chi connectivity index (χ0) is 27.5. The molecule has 0 aliphatic heterocycles. The van der Waals surface area contributed by atoms with Crippen LogP contribution in [0.25, 0.3) is 0 Å². The van der Waals surface area contributed by atoms with E-state index >= 15 is 0 Å². The fraction of sp³-hybridized carbons (Fsp3) is 0.0741. The standard InChI is InChI=1S/C27H22ClNO7S2/c1-18-8-12-21(13-9-18)37(31,32)35-25-17-26(36-38(33,34)22-14-10-19(2)11-15-22)24(28)16-23(25)27(29-30)20-6-4-3-5-7-20/h3-17,30H,1-2H3/b29-27+. The van der Waals surface area contributed by atoms with Crippen molar-refractivity contribution in [1.29, 1.82) is 0 Å². The van der Waals surface area contributed by atoms with E-state index in [0.29, 0.717) is 5.56 Å². The maximum absolute atomic E-state index is 13.1. The summed E-state index contributed by atoms with van der Waals surface area (Å²) in [6.07, 6.45) is 0. The molecule has 4 rings (SSSR count). The van der Waals surface area contributed by atoms with Gasteiger partial charge in [0.05, 0.1) is 5.02 Å². The molecule has 38 heavy (non-hydrogen) atoms. The number of rotatable bonds is 8. The fourth-order valence-corrected chi connectivity index (χ4v) is 5.59. The van der Waals surface area contributed by atoms with Crippen LogP contribution >= 0.6 is 11.6 Å². The molecule has 0 radical (unpaired) electrons. The van der Waals surface area contributed by atoms with Crippen LogP contribution in [0.2, 0.25) is 5.02 Å². The van der Waals surface area contributed by atoms with Crippen LogP contribution in [-0.4, -0.2) is 27.8 Å². The van der Waals surface area contributed by atoms with E-state index in [1.54, 1.807) is 68.4 Å². The maximum atomic E-state index is 13.1. The predicted octanol–water partition coefficient (Wildman–Crippen LogP) is 5.72. The van der Waals surface area contributed by atoms with Crippen molar-refractivity contribution in [1.82, 2.24) is 0 Å². The molecule has 4 aromatic carbocycles. The van der Waals surface area contributed by atoms with Crippen molar-refractivity contribution in [2.75, 3.05) is 0 Å². The summed E-state index contributed by atoms with van der Waals surface area (Å²) >= 11 is 6.38. The molecule has 0 heterocycles. The Morgan fingerprint density at radius 2 is 1.18 bits per heavy atom. The minimum absolute atomic E-state index is 0.0144. The van der Waals surface area contributed by atoms with Crippen molar-refractivity contribution in [2.24, 2.45) is 5.16 Å². The molecular formula is C27H22ClNO7S2. The van der Waals surface area contributed by atoms with E-state index in [9.17, 15) is 22.0 Å². The Morgan fingerprint density at radius 1 is 0.711 bits per heavy atom. The van der Waals surface area contributed by atoms with Gasteiger partial charge in [0, 0.05) is 17.2 Å². The fourth-order valence-electron chi connectivity index (χ4n) is 3.46. The van der Waals surface area contributed by atoms with Gasteiger partial charge in [-0.3, -0.25) is 0 Å². The van der Waals surface area contributed by atoms with Crippen molar-refractivity contribution in [3.05, 3.63) is 118 Å². The van der Waals surface area contributed by atoms with E-state index < -0.39 is 20.2 Å². The first kappa shape index (κ1) is 27.2. The van der Waals surface area contributed by atoms with Crippen LogP contribution in [0, 0.1) is 13.8 Å². The highest BCUT2D eigenvalue weighted by Crippen LogP contribution is 2.37. The van der Waals surface area contributed by atoms with Crippen LogP contribution in [0.4, 0.5) is 0 Å². The molecule has 0 fully saturated rings. The average molecular weight is 572 g/mol. The number of halogens is 1. The average Bonchev–Trinajstić information content (AvgIpc) is 2.88. The normalized spacial score (nSPS) is 12.2. The van der Waals surface area contributed by atoms with Gasteiger partial charge in [-0.25, -0.2) is 0 Å². The van der Waals surface area contributed by atoms with Crippen LogP contribution in [0.5, 0.6) is 11.5 Å². The van der Waals surface area contributed by atoms with Crippen LogP contribution in [0.3, 0.4) is 0 Å². The Hall–Kier alpha value is -3.86. The van der Waals surface area contributed by atoms with Gasteiger partial charge in [0.2, 0.25) is 0 Å². The van der Waals surface area contributed by atoms with E-state index in [2.05, 4.69) is 5.16 Å². The van der Waals surface area contributed by atoms with E-state index in [4.69, 9.17) is 20.0 Å². The first-order valence-corrected chi connectivity index (χ1v) is 14.3. The molecule has 4 aromatic rings. The Kier molecular flexibility index (Phi) is 7.77. The molecule has 0 aliphatic rings. The summed E-state index contributed by atoms with van der Waals surface area (Å²) in [6.45, 7) is 3.61. The smallest absolute Gasteiger partial charge is 0.339 e. The van der Waals surface area contributed by atoms with Crippen molar-refractivity contribution >= 4 is 37.5 Å². The van der Waals surface area contributed by atoms with Crippen LogP contribution in [0.15, 0.2) is 106 Å². The van der Waals surface area contributed by atoms with Crippen molar-refractivity contribution in [3.8, 4) is 11.5 Å². The molecule has 0 spiro atoms. The van der Waals surface area contributed by atoms with Gasteiger partial charge >= 0.3 is 20.2 Å². The second-order valence-corrected chi connectivity index (χ2v) is 11.8. The van der Waals surface area contributed by atoms with Gasteiger partial charge in [-0.15, -0.1) is 0 Å². The highest BCUT2D eigenvalue weighted by atomic mass is 35.5. The quantitative estimate of drug-likeness (QED) is 0.124. The van der Waals surface area contributed by atoms with Crippen LogP contribution < -0.4 is 8.37 Å². The van der Waals surface area contributed by atoms with Crippen LogP contribution in [-0.2, 0) is 20.2 Å². The molecule has 0 saturated heterocycles. The summed E-state index contributed by atoms with van der Waals surface area (Å²) in [5, 5.41) is 13.0. The highest BCUT2D eigenvalue weighted by Gasteiger charge is 2.26. The summed E-state index contributed by atoms with van der Waals surface area (Å²) in [7, 11) is -8.72. The zero-order valence-corrected chi connectivity index (χ0v) is 22.6. The third kappa shape index (κ3) is 5.99. The van der Waals surface area contributed by atoms with Crippen molar-refractivity contribution in [3.63, 3.8) is 0 Å². The molecule has 196 valence electrons. The summed E-state index contributed by atoms with van der Waals surface area (Å²) < 4.78 is 62.8. The number of oxime groups is 1. The van der Waals surface area contributed by atoms with Crippen molar-refractivity contribution in [2.45, 2.75) is 23.6 Å². The third-order valence-electron chi connectivity index (χ3n) is 5.45. The molecule has 0 aromatic heterocycles. The number of nitrogens with zero attached hydrogens (tertiary/aromatic N) is 1. The SMILES string of the molecule is Cc1ccc(S(=O)(=O)Oc2cc(OS(=O)(=O)c3ccc(C)cc3)c(/C(=N/O)c3ccccc3)cc2Cl)cc1. The first-order valence-electron chi connectivity index (χ1n) is 11.1. The molecule has 0 atom stereocenters. The lowest BCUT2D eigenvalue weighted by atomic mass is 10.0. The Bertz CT molecular complexity index is 1700. The second kappa shape index (κ2) is 10.9. The van der Waals surface area contributed by atoms with Gasteiger partial charge in [-0.1, -0.05) is 82.5 Å². The highest BCUT2D eigenvalue weighted by molar-refractivity contribution is 7.87. The minimum atomic E-state index is -4.39. The minimum Gasteiger partial charge on any atom is -0.410 e. The first-order chi connectivity index (χ1) is 18.0. The molecule has 11 heteroatoms. The van der Waals surface area contributed by atoms with Gasteiger partial charge in [-0.2, -0.15) is 16.8 Å². The molecule has 0 unspecified atom stereocenters. The molecule has 0 amide bonds. The molecule has 8 nitrogen and oxygen atoms in total. The van der Waals surface area contributed by atoms with Gasteiger partial charge < -0.3 is 13.6 Å². The second-order valence-electron chi connectivity index (χ2n) is 8.29. The lowest BCUT2D eigenvalue weighted by Gasteiger charge is -2.16. The Morgan fingerprint density at radius 3 is 1.66 bits per heavy atom. The number of hydrogen-bond donors (Lipinski definition) is 1. The lowest BCUT2D eigenvalue weighted by Crippen LogP contribution is -2.15. The van der Waals surface area contributed by atoms with Gasteiger partial charge in [0.1, 0.15) is 15.5 Å². The largest absolute Gasteiger partial charge is 0.410 e. The Balaban J connectivity index is 1.84. The summed E-state index contributed by atoms with van der Waals surface area (Å²) in [6, 6.07) is 22.5. The van der Waals surface area contributed by atoms with E-state index in [-0.39, 0.29) is 37.6 Å². The molecule has 0 aliphatic carbocycles. The predicted molar refractivity (Wildman–Crippen MR) is 143 cm³/mol. The summed E-state index contributed by atoms with van der Waals surface area (Å²) in [5.41, 5.74) is 2.03. The third-order valence-corrected chi connectivity index (χ3v) is 8.25. The number of benzene rings is 4. The van der Waals surface area contributed by atoms with E-state index in [1.165, 1.54) is 30.3 Å². The van der Waals surface area contributed by atoms with E-state index in [1.807, 2.05) is 0 Å². The zero-order valence-electron chi connectivity index (χ0n) is 20.2. The number of hydrogen-bond acceptors (Lipinski definition) is 8. The summed E-state index contributed by atoms with van der Waals surface area (Å²) in [4.78, 5) is -0.263. The van der Waals surface area contributed by atoms with Gasteiger partial charge in [0.15, 0.2) is 11.5 Å². The molecular weight excluding hydrogens is 550 g/mol. The van der Waals surface area contributed by atoms with E-state index in [0.717, 1.165) is 17.2 Å². The molecule has 0 saturated carbocycles. The topological polar surface area (TPSA) is 119 Å². The van der Waals surface area contributed by atoms with Crippen molar-refractivity contribution < 1.29 is 30.4 Å². The Labute approximate surface area is 226 Å². The monoisotopic (exact) mass is 571 g/mol. The molecule has 1 N–H and O–H groups in total. The lowest BCUT2D eigenvalue weighted by molar-refractivity contribution is 0.319. The number of aryl methyl sites for hydroxylation is 2. The molecule has 0 bridgehead atoms. The van der Waals surface area contributed by atoms with Gasteiger partial charge in [0.25, 0.3) is 0 Å². The summed E-state index contributed by atoms with van der Waals surface area (Å²) in [5.74, 6) is -0.740.